The lowest BCUT2D eigenvalue weighted by Gasteiger charge is -2.18. The van der Waals surface area contributed by atoms with Crippen molar-refractivity contribution in [3.05, 3.63) is 35.4 Å². The number of nitrogens with zero attached hydrogens (tertiary/aromatic N) is 2. The van der Waals surface area contributed by atoms with E-state index < -0.39 is 0 Å². The topological polar surface area (TPSA) is 39.7 Å². The molecule has 1 aromatic carbocycles. The molecule has 0 aliphatic carbocycles. The predicted octanol–water partition coefficient (Wildman–Crippen LogP) is 2.60. The van der Waals surface area contributed by atoms with Gasteiger partial charge in [-0.3, -0.25) is 4.90 Å². The summed E-state index contributed by atoms with van der Waals surface area (Å²) in [6.45, 7) is 14.2. The highest BCUT2D eigenvalue weighted by atomic mass is 15.2. The summed E-state index contributed by atoms with van der Waals surface area (Å²) in [5.41, 5.74) is 2.62. The number of nitrogens with one attached hydrogen (secondary N) is 2. The fourth-order valence-electron chi connectivity index (χ4n) is 2.21. The molecular weight excluding hydrogens is 260 g/mol. The van der Waals surface area contributed by atoms with Crippen LogP contribution in [0, 0.1) is 0 Å². The van der Waals surface area contributed by atoms with Crippen LogP contribution < -0.4 is 10.6 Å². The first-order valence-corrected chi connectivity index (χ1v) is 8.05. The van der Waals surface area contributed by atoms with E-state index in [9.17, 15) is 0 Å². The molecule has 0 atom stereocenters. The summed E-state index contributed by atoms with van der Waals surface area (Å²) in [6, 6.07) is 8.73. The number of benzene rings is 1. The zero-order valence-electron chi connectivity index (χ0n) is 13.9. The maximum Gasteiger partial charge on any atom is 0.191 e. The second kappa shape index (κ2) is 10.2. The highest BCUT2D eigenvalue weighted by molar-refractivity contribution is 5.79. The van der Waals surface area contributed by atoms with Crippen molar-refractivity contribution in [3.63, 3.8) is 0 Å². The summed E-state index contributed by atoms with van der Waals surface area (Å²) >= 11 is 0. The Hall–Kier alpha value is -1.55. The van der Waals surface area contributed by atoms with E-state index in [1.807, 2.05) is 0 Å². The van der Waals surface area contributed by atoms with Crippen molar-refractivity contribution in [1.82, 2.24) is 15.5 Å². The summed E-state index contributed by atoms with van der Waals surface area (Å²) in [7, 11) is 0. The van der Waals surface area contributed by atoms with Gasteiger partial charge in [0.1, 0.15) is 0 Å². The average molecular weight is 290 g/mol. The lowest BCUT2D eigenvalue weighted by atomic mass is 10.1. The van der Waals surface area contributed by atoms with Gasteiger partial charge in [0.05, 0.1) is 6.54 Å². The van der Waals surface area contributed by atoms with E-state index >= 15 is 0 Å². The number of aliphatic imine (C=N–C) groups is 1. The van der Waals surface area contributed by atoms with E-state index in [1.165, 1.54) is 11.1 Å². The van der Waals surface area contributed by atoms with Crippen molar-refractivity contribution in [2.45, 2.75) is 40.8 Å². The molecule has 4 nitrogen and oxygen atoms in total. The first-order chi connectivity index (χ1) is 10.2. The SMILES string of the molecule is CCNC(=NCc1cccc(CN(CC)CC)c1)NCC. The monoisotopic (exact) mass is 290 g/mol. The van der Waals surface area contributed by atoms with Crippen LogP contribution in [0.15, 0.2) is 29.3 Å². The summed E-state index contributed by atoms with van der Waals surface area (Å²) in [5, 5.41) is 6.50. The molecule has 0 heterocycles. The van der Waals surface area contributed by atoms with Crippen LogP contribution in [0.1, 0.15) is 38.8 Å². The summed E-state index contributed by atoms with van der Waals surface area (Å²) in [5.74, 6) is 0.883. The molecule has 21 heavy (non-hydrogen) atoms. The lowest BCUT2D eigenvalue weighted by Crippen LogP contribution is -2.36. The van der Waals surface area contributed by atoms with Crippen LogP contribution in [0.5, 0.6) is 0 Å². The van der Waals surface area contributed by atoms with Gasteiger partial charge in [-0.15, -0.1) is 0 Å². The molecule has 0 bridgehead atoms. The Labute approximate surface area is 129 Å². The highest BCUT2D eigenvalue weighted by Crippen LogP contribution is 2.09. The van der Waals surface area contributed by atoms with Crippen molar-refractivity contribution in [2.75, 3.05) is 26.2 Å². The van der Waals surface area contributed by atoms with Gasteiger partial charge >= 0.3 is 0 Å². The molecule has 1 aromatic rings. The Bertz CT molecular complexity index is 417. The van der Waals surface area contributed by atoms with Gasteiger partial charge in [-0.1, -0.05) is 38.1 Å². The van der Waals surface area contributed by atoms with Crippen LogP contribution in [0.25, 0.3) is 0 Å². The minimum atomic E-state index is 0.710. The molecule has 2 N–H and O–H groups in total. The van der Waals surface area contributed by atoms with Gasteiger partial charge < -0.3 is 10.6 Å². The van der Waals surface area contributed by atoms with Crippen LogP contribution >= 0.6 is 0 Å². The van der Waals surface area contributed by atoms with E-state index in [0.29, 0.717) is 6.54 Å². The Kier molecular flexibility index (Phi) is 8.51. The molecular formula is C17H30N4. The van der Waals surface area contributed by atoms with Gasteiger partial charge in [0.25, 0.3) is 0 Å². The van der Waals surface area contributed by atoms with E-state index in [2.05, 4.69) is 72.5 Å². The summed E-state index contributed by atoms with van der Waals surface area (Å²) in [6.07, 6.45) is 0. The first kappa shape index (κ1) is 17.5. The Morgan fingerprint density at radius 3 is 2.19 bits per heavy atom. The van der Waals surface area contributed by atoms with E-state index in [0.717, 1.165) is 38.7 Å². The quantitative estimate of drug-likeness (QED) is 0.571. The molecule has 0 saturated heterocycles. The van der Waals surface area contributed by atoms with Crippen molar-refractivity contribution in [2.24, 2.45) is 4.99 Å². The molecule has 0 fully saturated rings. The Balaban J connectivity index is 2.68. The van der Waals surface area contributed by atoms with Crippen molar-refractivity contribution in [3.8, 4) is 0 Å². The lowest BCUT2D eigenvalue weighted by molar-refractivity contribution is 0.296. The second-order valence-corrected chi connectivity index (χ2v) is 5.01. The van der Waals surface area contributed by atoms with Crippen LogP contribution in [0.2, 0.25) is 0 Å². The van der Waals surface area contributed by atoms with Crippen molar-refractivity contribution < 1.29 is 0 Å². The van der Waals surface area contributed by atoms with E-state index in [4.69, 9.17) is 0 Å². The Morgan fingerprint density at radius 2 is 1.62 bits per heavy atom. The molecule has 0 spiro atoms. The Morgan fingerprint density at radius 1 is 1.00 bits per heavy atom. The fraction of sp³-hybridized carbons (Fsp3) is 0.588. The summed E-state index contributed by atoms with van der Waals surface area (Å²) in [4.78, 5) is 7.04. The van der Waals surface area contributed by atoms with Crippen molar-refractivity contribution in [1.29, 1.82) is 0 Å². The minimum absolute atomic E-state index is 0.710. The number of guanidine groups is 1. The standard InChI is InChI=1S/C17H30N4/c1-5-18-17(19-6-2)20-13-15-10-9-11-16(12-15)14-21(7-3)8-4/h9-12H,5-8,13-14H2,1-4H3,(H2,18,19,20). The van der Waals surface area contributed by atoms with Gasteiger partial charge in [-0.25, -0.2) is 4.99 Å². The normalized spacial score (nSPS) is 10.5. The van der Waals surface area contributed by atoms with E-state index in [-0.39, 0.29) is 0 Å². The zero-order valence-corrected chi connectivity index (χ0v) is 13.9. The zero-order chi connectivity index (χ0) is 15.5. The smallest absolute Gasteiger partial charge is 0.191 e. The van der Waals surface area contributed by atoms with Crippen molar-refractivity contribution >= 4 is 5.96 Å². The molecule has 1 rings (SSSR count). The highest BCUT2D eigenvalue weighted by Gasteiger charge is 2.02. The maximum atomic E-state index is 4.61. The third kappa shape index (κ3) is 6.63. The van der Waals surface area contributed by atoms with Crippen LogP contribution in [0.3, 0.4) is 0 Å². The molecule has 0 aliphatic heterocycles. The molecule has 118 valence electrons. The molecule has 0 unspecified atom stereocenters. The largest absolute Gasteiger partial charge is 0.357 e. The third-order valence-electron chi connectivity index (χ3n) is 3.40. The average Bonchev–Trinajstić information content (AvgIpc) is 2.51. The fourth-order valence-corrected chi connectivity index (χ4v) is 2.21. The summed E-state index contributed by atoms with van der Waals surface area (Å²) < 4.78 is 0. The molecule has 4 heteroatoms. The van der Waals surface area contributed by atoms with Crippen LogP contribution in [0.4, 0.5) is 0 Å². The molecule has 0 radical (unpaired) electrons. The van der Waals surface area contributed by atoms with Gasteiger partial charge in [0.15, 0.2) is 5.96 Å². The van der Waals surface area contributed by atoms with E-state index in [1.54, 1.807) is 0 Å². The molecule has 0 aromatic heterocycles. The predicted molar refractivity (Wildman–Crippen MR) is 91.6 cm³/mol. The first-order valence-electron chi connectivity index (χ1n) is 8.05. The second-order valence-electron chi connectivity index (χ2n) is 5.01. The number of hydrogen-bond acceptors (Lipinski definition) is 2. The van der Waals surface area contributed by atoms with Crippen LogP contribution in [-0.4, -0.2) is 37.0 Å². The molecule has 0 aliphatic rings. The van der Waals surface area contributed by atoms with Gasteiger partial charge in [-0.05, 0) is 38.1 Å². The third-order valence-corrected chi connectivity index (χ3v) is 3.40. The minimum Gasteiger partial charge on any atom is -0.357 e. The van der Waals surface area contributed by atoms with Gasteiger partial charge in [-0.2, -0.15) is 0 Å². The van der Waals surface area contributed by atoms with Crippen LogP contribution in [-0.2, 0) is 13.1 Å². The molecule has 0 saturated carbocycles. The maximum absolute atomic E-state index is 4.61. The van der Waals surface area contributed by atoms with Gasteiger partial charge in [0.2, 0.25) is 0 Å². The number of hydrogen-bond donors (Lipinski definition) is 2. The van der Waals surface area contributed by atoms with Gasteiger partial charge in [0, 0.05) is 19.6 Å². The number of rotatable bonds is 8. The molecule has 0 amide bonds.